The Labute approximate surface area is 171 Å². The van der Waals surface area contributed by atoms with Crippen molar-refractivity contribution in [3.05, 3.63) is 77.7 Å². The van der Waals surface area contributed by atoms with Crippen LogP contribution in [0.4, 0.5) is 17.2 Å². The second-order valence-electron chi connectivity index (χ2n) is 7.35. The highest BCUT2D eigenvalue weighted by Crippen LogP contribution is 2.20. The van der Waals surface area contributed by atoms with Crippen LogP contribution in [-0.4, -0.2) is 47.0 Å². The highest BCUT2D eigenvalue weighted by molar-refractivity contribution is 5.92. The van der Waals surface area contributed by atoms with Gasteiger partial charge >= 0.3 is 0 Å². The molecule has 1 aromatic heterocycles. The van der Waals surface area contributed by atoms with Crippen molar-refractivity contribution in [3.8, 4) is 0 Å². The lowest BCUT2D eigenvalue weighted by molar-refractivity contribution is 0.0740. The fraction of sp³-hybridized carbons (Fsp3) is 0.261. The van der Waals surface area contributed by atoms with Crippen LogP contribution < -0.4 is 10.2 Å². The minimum atomic E-state index is -0.0659. The lowest BCUT2D eigenvalue weighted by Gasteiger charge is -2.36. The zero-order valence-electron chi connectivity index (χ0n) is 16.8. The van der Waals surface area contributed by atoms with E-state index < -0.39 is 0 Å². The topological polar surface area (TPSA) is 61.4 Å². The van der Waals surface area contributed by atoms with Crippen molar-refractivity contribution in [1.29, 1.82) is 0 Å². The van der Waals surface area contributed by atoms with E-state index in [1.165, 1.54) is 11.3 Å². The first-order valence-electron chi connectivity index (χ1n) is 9.86. The summed E-state index contributed by atoms with van der Waals surface area (Å²) < 4.78 is 0. The lowest BCUT2D eigenvalue weighted by Crippen LogP contribution is -2.49. The van der Waals surface area contributed by atoms with E-state index in [9.17, 15) is 4.79 Å². The first kappa shape index (κ1) is 18.9. The van der Waals surface area contributed by atoms with Crippen LogP contribution in [0.5, 0.6) is 0 Å². The molecule has 1 aliphatic heterocycles. The fourth-order valence-electron chi connectivity index (χ4n) is 3.51. The van der Waals surface area contributed by atoms with Crippen molar-refractivity contribution in [3.63, 3.8) is 0 Å². The molecule has 29 heavy (non-hydrogen) atoms. The largest absolute Gasteiger partial charge is 0.368 e. The zero-order valence-corrected chi connectivity index (χ0v) is 16.8. The van der Waals surface area contributed by atoms with E-state index in [1.807, 2.05) is 36.1 Å². The third-order valence-electron chi connectivity index (χ3n) is 5.21. The van der Waals surface area contributed by atoms with Crippen molar-refractivity contribution in [2.45, 2.75) is 13.8 Å². The Balaban J connectivity index is 1.37. The molecule has 4 rings (SSSR count). The summed E-state index contributed by atoms with van der Waals surface area (Å²) in [7, 11) is 0. The van der Waals surface area contributed by atoms with Crippen molar-refractivity contribution in [1.82, 2.24) is 14.9 Å². The maximum Gasteiger partial charge on any atom is 0.274 e. The molecule has 0 aliphatic carbocycles. The minimum absolute atomic E-state index is 0.0659. The molecular formula is C23H25N5O. The highest BCUT2D eigenvalue weighted by Gasteiger charge is 2.23. The maximum absolute atomic E-state index is 12.8. The molecule has 148 valence electrons. The molecule has 1 amide bonds. The number of rotatable bonds is 4. The molecule has 2 aromatic carbocycles. The Hall–Kier alpha value is -3.41. The predicted octanol–water partition coefficient (Wildman–Crippen LogP) is 3.80. The van der Waals surface area contributed by atoms with Gasteiger partial charge in [-0.15, -0.1) is 0 Å². The van der Waals surface area contributed by atoms with Gasteiger partial charge in [-0.05, 0) is 43.2 Å². The number of aromatic nitrogens is 2. The van der Waals surface area contributed by atoms with Gasteiger partial charge in [-0.1, -0.05) is 30.3 Å². The minimum Gasteiger partial charge on any atom is -0.368 e. The Kier molecular flexibility index (Phi) is 5.42. The molecular weight excluding hydrogens is 362 g/mol. The molecule has 3 aromatic rings. The van der Waals surface area contributed by atoms with Crippen LogP contribution in [0, 0.1) is 13.8 Å². The SMILES string of the molecule is Cc1cccc(N2CCN(C(=O)c3cnc(Nc4ccccc4C)cn3)CC2)c1. The van der Waals surface area contributed by atoms with Gasteiger partial charge in [0.05, 0.1) is 12.4 Å². The van der Waals surface area contributed by atoms with Crippen LogP contribution in [0.25, 0.3) is 0 Å². The number of anilines is 3. The number of aryl methyl sites for hydroxylation is 2. The summed E-state index contributed by atoms with van der Waals surface area (Å²) >= 11 is 0. The van der Waals surface area contributed by atoms with E-state index in [-0.39, 0.29) is 5.91 Å². The lowest BCUT2D eigenvalue weighted by atomic mass is 10.2. The van der Waals surface area contributed by atoms with E-state index in [2.05, 4.69) is 51.4 Å². The molecule has 0 bridgehead atoms. The zero-order chi connectivity index (χ0) is 20.2. The van der Waals surface area contributed by atoms with E-state index in [4.69, 9.17) is 0 Å². The number of nitrogens with one attached hydrogen (secondary N) is 1. The van der Waals surface area contributed by atoms with Crippen LogP contribution in [0.15, 0.2) is 60.9 Å². The van der Waals surface area contributed by atoms with E-state index in [1.54, 1.807) is 12.4 Å². The molecule has 1 saturated heterocycles. The van der Waals surface area contributed by atoms with Crippen molar-refractivity contribution in [2.24, 2.45) is 0 Å². The predicted molar refractivity (Wildman–Crippen MR) is 116 cm³/mol. The Morgan fingerprint density at radius 1 is 0.931 bits per heavy atom. The summed E-state index contributed by atoms with van der Waals surface area (Å²) in [4.78, 5) is 25.7. The molecule has 0 saturated carbocycles. The van der Waals surface area contributed by atoms with E-state index in [0.717, 1.165) is 24.3 Å². The molecule has 0 spiro atoms. The average Bonchev–Trinajstić information content (AvgIpc) is 2.75. The molecule has 1 aliphatic rings. The normalized spacial score (nSPS) is 14.0. The number of para-hydroxylation sites is 1. The molecule has 0 atom stereocenters. The Bertz CT molecular complexity index is 994. The van der Waals surface area contributed by atoms with Gasteiger partial charge in [0.25, 0.3) is 5.91 Å². The number of amides is 1. The second kappa shape index (κ2) is 8.31. The number of carbonyl (C=O) groups is 1. The van der Waals surface area contributed by atoms with Crippen molar-refractivity contribution >= 4 is 23.1 Å². The first-order valence-corrected chi connectivity index (χ1v) is 9.86. The van der Waals surface area contributed by atoms with Gasteiger partial charge < -0.3 is 15.1 Å². The molecule has 6 heteroatoms. The summed E-state index contributed by atoms with van der Waals surface area (Å²) in [5.41, 5.74) is 4.94. The van der Waals surface area contributed by atoms with Crippen LogP contribution in [0.1, 0.15) is 21.6 Å². The Morgan fingerprint density at radius 3 is 2.41 bits per heavy atom. The van der Waals surface area contributed by atoms with Crippen molar-refractivity contribution < 1.29 is 4.79 Å². The monoisotopic (exact) mass is 387 g/mol. The van der Waals surface area contributed by atoms with E-state index in [0.29, 0.717) is 24.6 Å². The number of carbonyl (C=O) groups excluding carboxylic acids is 1. The van der Waals surface area contributed by atoms with Crippen LogP contribution in [-0.2, 0) is 0 Å². The smallest absolute Gasteiger partial charge is 0.274 e. The summed E-state index contributed by atoms with van der Waals surface area (Å²) in [5.74, 6) is 0.559. The number of hydrogen-bond acceptors (Lipinski definition) is 5. The fourth-order valence-corrected chi connectivity index (χ4v) is 3.51. The van der Waals surface area contributed by atoms with Crippen LogP contribution in [0.3, 0.4) is 0 Å². The second-order valence-corrected chi connectivity index (χ2v) is 7.35. The Morgan fingerprint density at radius 2 is 1.72 bits per heavy atom. The van der Waals surface area contributed by atoms with Gasteiger partial charge in [0.15, 0.2) is 0 Å². The maximum atomic E-state index is 12.8. The quantitative estimate of drug-likeness (QED) is 0.738. The van der Waals surface area contributed by atoms with Gasteiger partial charge in [0, 0.05) is 37.6 Å². The summed E-state index contributed by atoms with van der Waals surface area (Å²) in [6, 6.07) is 16.5. The summed E-state index contributed by atoms with van der Waals surface area (Å²) in [6.07, 6.45) is 3.17. The molecule has 0 unspecified atom stereocenters. The third kappa shape index (κ3) is 4.37. The number of piperazine rings is 1. The van der Waals surface area contributed by atoms with E-state index >= 15 is 0 Å². The molecule has 2 heterocycles. The summed E-state index contributed by atoms with van der Waals surface area (Å²) in [5, 5.41) is 3.24. The number of hydrogen-bond donors (Lipinski definition) is 1. The van der Waals surface area contributed by atoms with Gasteiger partial charge in [0.1, 0.15) is 11.5 Å². The molecule has 6 nitrogen and oxygen atoms in total. The number of benzene rings is 2. The highest BCUT2D eigenvalue weighted by atomic mass is 16.2. The van der Waals surface area contributed by atoms with Crippen LogP contribution >= 0.6 is 0 Å². The average molecular weight is 387 g/mol. The van der Waals surface area contributed by atoms with Gasteiger partial charge in [0.2, 0.25) is 0 Å². The van der Waals surface area contributed by atoms with Gasteiger partial charge in [-0.2, -0.15) is 0 Å². The molecule has 1 N–H and O–H groups in total. The number of nitrogens with zero attached hydrogens (tertiary/aromatic N) is 4. The van der Waals surface area contributed by atoms with Gasteiger partial charge in [-0.25, -0.2) is 9.97 Å². The first-order chi connectivity index (χ1) is 14.1. The molecule has 1 fully saturated rings. The summed E-state index contributed by atoms with van der Waals surface area (Å²) in [6.45, 7) is 7.12. The third-order valence-corrected chi connectivity index (χ3v) is 5.21. The van der Waals surface area contributed by atoms with Crippen LogP contribution in [0.2, 0.25) is 0 Å². The molecule has 0 radical (unpaired) electrons. The van der Waals surface area contributed by atoms with Crippen molar-refractivity contribution in [2.75, 3.05) is 36.4 Å². The van der Waals surface area contributed by atoms with Gasteiger partial charge in [-0.3, -0.25) is 4.79 Å². The standard InChI is InChI=1S/C23H25N5O/c1-17-6-5-8-19(14-17)27-10-12-28(13-11-27)23(29)21-15-25-22(16-24-21)26-20-9-4-3-7-18(20)2/h3-9,14-16H,10-13H2,1-2H3,(H,25,26).